The Bertz CT molecular complexity index is 512. The summed E-state index contributed by atoms with van der Waals surface area (Å²) in [5.41, 5.74) is 1.81. The molecule has 0 fully saturated rings. The van der Waals surface area contributed by atoms with Crippen LogP contribution in [0.5, 0.6) is 5.75 Å². The number of hydrogen-bond donors (Lipinski definition) is 1. The first-order valence-corrected chi connectivity index (χ1v) is 8.85. The molecule has 114 valence electrons. The maximum absolute atomic E-state index is 12.1. The van der Waals surface area contributed by atoms with Gasteiger partial charge in [0.05, 0.1) is 18.6 Å². The summed E-state index contributed by atoms with van der Waals surface area (Å²) in [4.78, 5) is 0. The molecule has 1 rings (SSSR count). The Balaban J connectivity index is 2.85. The van der Waals surface area contributed by atoms with E-state index in [2.05, 4.69) is 12.2 Å². The van der Waals surface area contributed by atoms with E-state index in [4.69, 9.17) is 4.74 Å². The van der Waals surface area contributed by atoms with Crippen LogP contribution >= 0.6 is 0 Å². The van der Waals surface area contributed by atoms with Crippen molar-refractivity contribution in [2.24, 2.45) is 0 Å². The molecule has 0 aromatic heterocycles. The fourth-order valence-corrected chi connectivity index (χ4v) is 3.63. The maximum atomic E-state index is 12.1. The molecule has 0 aliphatic heterocycles. The normalized spacial score (nSPS) is 11.6. The van der Waals surface area contributed by atoms with E-state index in [1.807, 2.05) is 25.2 Å². The van der Waals surface area contributed by atoms with Crippen molar-refractivity contribution < 1.29 is 13.2 Å². The molecule has 0 aliphatic carbocycles. The van der Waals surface area contributed by atoms with Crippen LogP contribution in [0.2, 0.25) is 0 Å². The number of hydrogen-bond acceptors (Lipinski definition) is 4. The summed E-state index contributed by atoms with van der Waals surface area (Å²) >= 11 is 0. The lowest BCUT2D eigenvalue weighted by Crippen LogP contribution is -2.11. The van der Waals surface area contributed by atoms with Crippen molar-refractivity contribution in [3.8, 4) is 5.75 Å². The van der Waals surface area contributed by atoms with Crippen molar-refractivity contribution in [2.75, 3.05) is 19.9 Å². The van der Waals surface area contributed by atoms with Crippen LogP contribution in [0.15, 0.2) is 18.2 Å². The van der Waals surface area contributed by atoms with Crippen LogP contribution in [0.4, 0.5) is 0 Å². The number of ether oxygens (including phenoxy) is 1. The molecule has 0 amide bonds. The van der Waals surface area contributed by atoms with Gasteiger partial charge in [-0.05, 0) is 31.2 Å². The van der Waals surface area contributed by atoms with E-state index in [-0.39, 0.29) is 11.5 Å². The summed E-state index contributed by atoms with van der Waals surface area (Å²) in [6.45, 7) is 2.78. The van der Waals surface area contributed by atoms with Crippen LogP contribution in [0.25, 0.3) is 0 Å². The van der Waals surface area contributed by atoms with Gasteiger partial charge in [0, 0.05) is 12.1 Å². The fourth-order valence-electron chi connectivity index (χ4n) is 2.14. The Morgan fingerprint density at radius 1 is 1.25 bits per heavy atom. The van der Waals surface area contributed by atoms with Gasteiger partial charge in [0.2, 0.25) is 0 Å². The number of unbranched alkanes of at least 4 members (excludes halogenated alkanes) is 2. The van der Waals surface area contributed by atoms with E-state index in [0.717, 1.165) is 30.4 Å². The minimum Gasteiger partial charge on any atom is -0.496 e. The average molecular weight is 299 g/mol. The van der Waals surface area contributed by atoms with Gasteiger partial charge in [-0.15, -0.1) is 0 Å². The van der Waals surface area contributed by atoms with Gasteiger partial charge in [-0.25, -0.2) is 8.42 Å². The molecule has 0 bridgehead atoms. The third-order valence-corrected chi connectivity index (χ3v) is 4.82. The molecule has 0 saturated heterocycles. The van der Waals surface area contributed by atoms with Crippen molar-refractivity contribution in [2.45, 2.75) is 38.5 Å². The van der Waals surface area contributed by atoms with Crippen molar-refractivity contribution in [1.29, 1.82) is 0 Å². The highest BCUT2D eigenvalue weighted by atomic mass is 32.2. The van der Waals surface area contributed by atoms with Crippen LogP contribution in [0.3, 0.4) is 0 Å². The summed E-state index contributed by atoms with van der Waals surface area (Å²) < 4.78 is 29.5. The van der Waals surface area contributed by atoms with Crippen molar-refractivity contribution >= 4 is 9.84 Å². The Hall–Kier alpha value is -1.07. The molecule has 1 aromatic carbocycles. The second-order valence-electron chi connectivity index (χ2n) is 4.98. The fraction of sp³-hybridized carbons (Fsp3) is 0.600. The number of sulfone groups is 1. The number of nitrogens with one attached hydrogen (secondary N) is 1. The first-order chi connectivity index (χ1) is 9.52. The van der Waals surface area contributed by atoms with Crippen molar-refractivity contribution in [1.82, 2.24) is 5.32 Å². The second-order valence-corrected chi connectivity index (χ2v) is 7.16. The lowest BCUT2D eigenvalue weighted by molar-refractivity contribution is 0.410. The summed E-state index contributed by atoms with van der Waals surface area (Å²) in [5, 5.41) is 3.06. The maximum Gasteiger partial charge on any atom is 0.154 e. The SMILES string of the molecule is CCCCCS(=O)(=O)Cc1cc(CNC)ccc1OC. The van der Waals surface area contributed by atoms with Gasteiger partial charge in [0.15, 0.2) is 9.84 Å². The highest BCUT2D eigenvalue weighted by molar-refractivity contribution is 7.90. The van der Waals surface area contributed by atoms with Gasteiger partial charge >= 0.3 is 0 Å². The standard InChI is InChI=1S/C15H25NO3S/c1-4-5-6-9-20(17,18)12-14-10-13(11-16-2)7-8-15(14)19-3/h7-8,10,16H,4-6,9,11-12H2,1-3H3. The van der Waals surface area contributed by atoms with E-state index in [9.17, 15) is 8.42 Å². The molecule has 0 unspecified atom stereocenters. The third kappa shape index (κ3) is 5.51. The van der Waals surface area contributed by atoms with Gasteiger partial charge < -0.3 is 10.1 Å². The molecule has 0 aliphatic rings. The Kier molecular flexibility index (Phi) is 7.02. The highest BCUT2D eigenvalue weighted by Gasteiger charge is 2.15. The predicted molar refractivity (Wildman–Crippen MR) is 82.8 cm³/mol. The van der Waals surface area contributed by atoms with Crippen LogP contribution in [-0.4, -0.2) is 28.3 Å². The molecule has 4 nitrogen and oxygen atoms in total. The zero-order valence-electron chi connectivity index (χ0n) is 12.6. The molecule has 5 heteroatoms. The summed E-state index contributed by atoms with van der Waals surface area (Å²) in [6, 6.07) is 5.69. The predicted octanol–water partition coefficient (Wildman–Crippen LogP) is 2.52. The summed E-state index contributed by atoms with van der Waals surface area (Å²) in [6.07, 6.45) is 2.71. The molecule has 0 heterocycles. The first-order valence-electron chi connectivity index (χ1n) is 7.03. The average Bonchev–Trinajstić information content (AvgIpc) is 2.39. The van der Waals surface area contributed by atoms with Crippen LogP contribution in [0.1, 0.15) is 37.3 Å². The van der Waals surface area contributed by atoms with Crippen LogP contribution in [0, 0.1) is 0 Å². The zero-order chi connectivity index (χ0) is 15.0. The zero-order valence-corrected chi connectivity index (χ0v) is 13.4. The van der Waals surface area contributed by atoms with Crippen LogP contribution in [-0.2, 0) is 22.1 Å². The third-order valence-electron chi connectivity index (χ3n) is 3.16. The molecule has 1 aromatic rings. The smallest absolute Gasteiger partial charge is 0.154 e. The van der Waals surface area contributed by atoms with Gasteiger partial charge in [-0.3, -0.25) is 0 Å². The number of methoxy groups -OCH3 is 1. The van der Waals surface area contributed by atoms with E-state index in [0.29, 0.717) is 12.3 Å². The number of rotatable bonds is 9. The van der Waals surface area contributed by atoms with Crippen LogP contribution < -0.4 is 10.1 Å². The molecule has 0 spiro atoms. The van der Waals surface area contributed by atoms with E-state index >= 15 is 0 Å². The van der Waals surface area contributed by atoms with Crippen molar-refractivity contribution in [3.63, 3.8) is 0 Å². The largest absolute Gasteiger partial charge is 0.496 e. The molecular formula is C15H25NO3S. The van der Waals surface area contributed by atoms with Gasteiger partial charge in [0.1, 0.15) is 5.75 Å². The topological polar surface area (TPSA) is 55.4 Å². The van der Waals surface area contributed by atoms with Gasteiger partial charge in [0.25, 0.3) is 0 Å². The first kappa shape index (κ1) is 17.0. The Morgan fingerprint density at radius 2 is 2.00 bits per heavy atom. The molecule has 0 atom stereocenters. The second kappa shape index (κ2) is 8.27. The monoisotopic (exact) mass is 299 g/mol. The summed E-state index contributed by atoms with van der Waals surface area (Å²) in [5.74, 6) is 0.946. The quantitative estimate of drug-likeness (QED) is 0.712. The number of benzene rings is 1. The minimum atomic E-state index is -3.07. The molecular weight excluding hydrogens is 274 g/mol. The lowest BCUT2D eigenvalue weighted by Gasteiger charge is -2.11. The van der Waals surface area contributed by atoms with Crippen molar-refractivity contribution in [3.05, 3.63) is 29.3 Å². The lowest BCUT2D eigenvalue weighted by atomic mass is 10.1. The van der Waals surface area contributed by atoms with Gasteiger partial charge in [-0.1, -0.05) is 25.8 Å². The Morgan fingerprint density at radius 3 is 2.60 bits per heavy atom. The van der Waals surface area contributed by atoms with E-state index in [1.165, 1.54) is 0 Å². The molecule has 20 heavy (non-hydrogen) atoms. The molecule has 0 radical (unpaired) electrons. The minimum absolute atomic E-state index is 0.0530. The van der Waals surface area contributed by atoms with E-state index < -0.39 is 9.84 Å². The van der Waals surface area contributed by atoms with E-state index in [1.54, 1.807) is 7.11 Å². The van der Waals surface area contributed by atoms with Gasteiger partial charge in [-0.2, -0.15) is 0 Å². The molecule has 0 saturated carbocycles. The summed E-state index contributed by atoms with van der Waals surface area (Å²) in [7, 11) is 0.365. The highest BCUT2D eigenvalue weighted by Crippen LogP contribution is 2.23. The Labute approximate surface area is 122 Å². The molecule has 1 N–H and O–H groups in total.